The zero-order valence-electron chi connectivity index (χ0n) is 17.0. The number of aromatic nitrogens is 3. The van der Waals surface area contributed by atoms with Gasteiger partial charge in [-0.1, -0.05) is 5.21 Å². The second-order valence-corrected chi connectivity index (χ2v) is 9.19. The Hall–Kier alpha value is -2.46. The molecule has 1 atom stereocenters. The number of aryl methyl sites for hydroxylation is 1. The van der Waals surface area contributed by atoms with Crippen LogP contribution in [-0.4, -0.2) is 69.5 Å². The number of thiophene rings is 1. The highest BCUT2D eigenvalue weighted by molar-refractivity contribution is 7.13. The standard InChI is InChI=1S/C19H26N6O3S/c1-13-5-6-16(29-13)17(26)24-8-4-7-19(11-24)12-25-15(10-28-19)14(21-22-25)9-20-18(27)23(2)3/h5-6H,4,7-12H2,1-3H3,(H,20,27). The zero-order chi connectivity index (χ0) is 20.6. The molecule has 0 bridgehead atoms. The molecule has 2 aliphatic rings. The highest BCUT2D eigenvalue weighted by atomic mass is 32.1. The number of ether oxygens (including phenoxy) is 1. The number of fused-ring (bicyclic) bond motifs is 1. The van der Waals surface area contributed by atoms with Crippen LogP contribution in [0.15, 0.2) is 12.1 Å². The van der Waals surface area contributed by atoms with Gasteiger partial charge in [0.1, 0.15) is 11.3 Å². The number of piperidine rings is 1. The first-order valence-electron chi connectivity index (χ1n) is 9.73. The molecule has 1 N–H and O–H groups in total. The predicted molar refractivity (Wildman–Crippen MR) is 108 cm³/mol. The Morgan fingerprint density at radius 1 is 1.34 bits per heavy atom. The van der Waals surface area contributed by atoms with Crippen LogP contribution in [0.2, 0.25) is 0 Å². The largest absolute Gasteiger partial charge is 0.365 e. The number of hydrogen-bond acceptors (Lipinski definition) is 6. The van der Waals surface area contributed by atoms with Gasteiger partial charge < -0.3 is 19.9 Å². The molecular weight excluding hydrogens is 392 g/mol. The molecular formula is C19H26N6O3S. The summed E-state index contributed by atoms with van der Waals surface area (Å²) in [6, 6.07) is 3.70. The van der Waals surface area contributed by atoms with Crippen LogP contribution in [0.25, 0.3) is 0 Å². The van der Waals surface area contributed by atoms with Crippen LogP contribution in [0.3, 0.4) is 0 Å². The van der Waals surface area contributed by atoms with Gasteiger partial charge in [0.05, 0.1) is 36.8 Å². The lowest BCUT2D eigenvalue weighted by Gasteiger charge is -2.44. The molecule has 0 saturated carbocycles. The van der Waals surface area contributed by atoms with Crippen LogP contribution in [0, 0.1) is 6.92 Å². The number of likely N-dealkylation sites (tertiary alicyclic amines) is 1. The van der Waals surface area contributed by atoms with Gasteiger partial charge in [0.2, 0.25) is 0 Å². The molecule has 29 heavy (non-hydrogen) atoms. The minimum absolute atomic E-state index is 0.0715. The van der Waals surface area contributed by atoms with Gasteiger partial charge in [0, 0.05) is 25.5 Å². The van der Waals surface area contributed by atoms with Crippen LogP contribution < -0.4 is 5.32 Å². The molecule has 0 aliphatic carbocycles. The van der Waals surface area contributed by atoms with Crippen molar-refractivity contribution in [3.05, 3.63) is 33.3 Å². The molecule has 2 aromatic heterocycles. The Morgan fingerprint density at radius 3 is 2.90 bits per heavy atom. The van der Waals surface area contributed by atoms with E-state index in [0.717, 1.165) is 34.8 Å². The molecule has 9 nitrogen and oxygen atoms in total. The Balaban J connectivity index is 1.44. The Labute approximate surface area is 173 Å². The monoisotopic (exact) mass is 418 g/mol. The van der Waals surface area contributed by atoms with Gasteiger partial charge in [-0.25, -0.2) is 9.48 Å². The van der Waals surface area contributed by atoms with Crippen molar-refractivity contribution in [2.75, 3.05) is 27.2 Å². The fraction of sp³-hybridized carbons (Fsp3) is 0.579. The van der Waals surface area contributed by atoms with Crippen molar-refractivity contribution < 1.29 is 14.3 Å². The van der Waals surface area contributed by atoms with Crippen molar-refractivity contribution in [3.8, 4) is 0 Å². The first-order chi connectivity index (χ1) is 13.9. The van der Waals surface area contributed by atoms with Crippen molar-refractivity contribution in [3.63, 3.8) is 0 Å². The highest BCUT2D eigenvalue weighted by Gasteiger charge is 2.42. The second-order valence-electron chi connectivity index (χ2n) is 7.91. The normalized spacial score (nSPS) is 21.1. The highest BCUT2D eigenvalue weighted by Crippen LogP contribution is 2.33. The first kappa shape index (κ1) is 19.8. The number of amides is 3. The summed E-state index contributed by atoms with van der Waals surface area (Å²) in [6.45, 7) is 4.55. The average molecular weight is 419 g/mol. The van der Waals surface area contributed by atoms with Crippen LogP contribution in [0.1, 0.15) is 38.8 Å². The van der Waals surface area contributed by atoms with Crippen LogP contribution in [0.4, 0.5) is 4.79 Å². The van der Waals surface area contributed by atoms with Gasteiger partial charge >= 0.3 is 6.03 Å². The average Bonchev–Trinajstić information content (AvgIpc) is 3.31. The summed E-state index contributed by atoms with van der Waals surface area (Å²) < 4.78 is 8.16. The van der Waals surface area contributed by atoms with E-state index in [-0.39, 0.29) is 11.9 Å². The molecule has 0 radical (unpaired) electrons. The third-order valence-corrected chi connectivity index (χ3v) is 6.45. The maximum Gasteiger partial charge on any atom is 0.317 e. The quantitative estimate of drug-likeness (QED) is 0.818. The summed E-state index contributed by atoms with van der Waals surface area (Å²) in [5.41, 5.74) is 1.16. The molecule has 1 unspecified atom stereocenters. The topological polar surface area (TPSA) is 92.6 Å². The SMILES string of the molecule is Cc1ccc(C(=O)N2CCCC3(C2)Cn2nnc(CNC(=O)N(C)C)c2CO3)s1. The van der Waals surface area contributed by atoms with E-state index in [0.29, 0.717) is 31.9 Å². The number of carbonyl (C=O) groups is 2. The fourth-order valence-electron chi connectivity index (χ4n) is 3.87. The van der Waals surface area contributed by atoms with Gasteiger partial charge in [0.25, 0.3) is 5.91 Å². The number of urea groups is 1. The summed E-state index contributed by atoms with van der Waals surface area (Å²) >= 11 is 1.53. The van der Waals surface area contributed by atoms with Crippen LogP contribution >= 0.6 is 11.3 Å². The van der Waals surface area contributed by atoms with Crippen LogP contribution in [-0.2, 0) is 24.4 Å². The summed E-state index contributed by atoms with van der Waals surface area (Å²) in [4.78, 5) is 29.9. The van der Waals surface area contributed by atoms with Crippen molar-refractivity contribution in [2.24, 2.45) is 0 Å². The molecule has 1 saturated heterocycles. The lowest BCUT2D eigenvalue weighted by atomic mass is 9.91. The van der Waals surface area contributed by atoms with Gasteiger partial charge in [-0.3, -0.25) is 4.79 Å². The van der Waals surface area contributed by atoms with E-state index in [9.17, 15) is 9.59 Å². The molecule has 10 heteroatoms. The smallest absolute Gasteiger partial charge is 0.317 e. The maximum atomic E-state index is 12.9. The molecule has 2 aromatic rings. The third-order valence-electron chi connectivity index (χ3n) is 5.46. The van der Waals surface area contributed by atoms with E-state index >= 15 is 0 Å². The minimum Gasteiger partial charge on any atom is -0.365 e. The minimum atomic E-state index is -0.439. The van der Waals surface area contributed by atoms with E-state index in [4.69, 9.17) is 4.74 Å². The lowest BCUT2D eigenvalue weighted by Crippen LogP contribution is -2.55. The Morgan fingerprint density at radius 2 is 2.17 bits per heavy atom. The maximum absolute atomic E-state index is 12.9. The molecule has 156 valence electrons. The molecule has 2 aliphatic heterocycles. The van der Waals surface area contributed by atoms with Gasteiger partial charge in [-0.15, -0.1) is 16.4 Å². The Kier molecular flexibility index (Phi) is 5.30. The van der Waals surface area contributed by atoms with E-state index < -0.39 is 5.60 Å². The van der Waals surface area contributed by atoms with Crippen molar-refractivity contribution in [1.29, 1.82) is 0 Å². The van der Waals surface area contributed by atoms with E-state index in [1.54, 1.807) is 14.1 Å². The molecule has 4 heterocycles. The molecule has 4 rings (SSSR count). The van der Waals surface area contributed by atoms with Gasteiger partial charge in [0.15, 0.2) is 0 Å². The van der Waals surface area contributed by atoms with E-state index in [1.165, 1.54) is 16.2 Å². The summed E-state index contributed by atoms with van der Waals surface area (Å²) in [6.07, 6.45) is 1.78. The first-order valence-corrected chi connectivity index (χ1v) is 10.5. The molecule has 0 aromatic carbocycles. The molecule has 1 spiro atoms. The van der Waals surface area contributed by atoms with Crippen LogP contribution in [0.5, 0.6) is 0 Å². The fourth-order valence-corrected chi connectivity index (χ4v) is 4.71. The molecule has 3 amide bonds. The van der Waals surface area contributed by atoms with E-state index in [2.05, 4.69) is 15.6 Å². The predicted octanol–water partition coefficient (Wildman–Crippen LogP) is 1.62. The van der Waals surface area contributed by atoms with E-state index in [1.807, 2.05) is 28.6 Å². The summed E-state index contributed by atoms with van der Waals surface area (Å²) in [5, 5.41) is 11.3. The van der Waals surface area contributed by atoms with Crippen molar-refractivity contribution in [1.82, 2.24) is 30.1 Å². The van der Waals surface area contributed by atoms with Gasteiger partial charge in [-0.2, -0.15) is 0 Å². The van der Waals surface area contributed by atoms with Gasteiger partial charge in [-0.05, 0) is 31.9 Å². The number of rotatable bonds is 3. The third kappa shape index (κ3) is 3.99. The zero-order valence-corrected chi connectivity index (χ0v) is 17.8. The number of nitrogens with one attached hydrogen (secondary N) is 1. The number of carbonyl (C=O) groups excluding carboxylic acids is 2. The number of hydrogen-bond donors (Lipinski definition) is 1. The Bertz CT molecular complexity index is 923. The summed E-state index contributed by atoms with van der Waals surface area (Å²) in [5.74, 6) is 0.0715. The number of nitrogens with zero attached hydrogens (tertiary/aromatic N) is 5. The molecule has 1 fully saturated rings. The lowest BCUT2D eigenvalue weighted by molar-refractivity contribution is -0.122. The van der Waals surface area contributed by atoms with Crippen molar-refractivity contribution >= 4 is 23.3 Å². The summed E-state index contributed by atoms with van der Waals surface area (Å²) in [7, 11) is 3.38. The van der Waals surface area contributed by atoms with Crippen molar-refractivity contribution in [2.45, 2.75) is 45.1 Å². The second kappa shape index (κ2) is 7.75.